The molecule has 0 saturated carbocycles. The summed E-state index contributed by atoms with van der Waals surface area (Å²) in [6.07, 6.45) is 0.997. The van der Waals surface area contributed by atoms with Crippen molar-refractivity contribution in [3.8, 4) is 11.5 Å². The summed E-state index contributed by atoms with van der Waals surface area (Å²) < 4.78 is 19.6. The zero-order valence-corrected chi connectivity index (χ0v) is 24.2. The van der Waals surface area contributed by atoms with Crippen molar-refractivity contribution >= 4 is 51.2 Å². The van der Waals surface area contributed by atoms with Gasteiger partial charge in [-0.3, -0.25) is 0 Å². The number of esters is 1. The third-order valence-electron chi connectivity index (χ3n) is 5.66. The van der Waals surface area contributed by atoms with Gasteiger partial charge >= 0.3 is 5.97 Å². The van der Waals surface area contributed by atoms with Crippen LogP contribution in [-0.2, 0) is 16.1 Å². The normalized spacial score (nSPS) is 14.7. The Bertz CT molecular complexity index is 1330. The summed E-state index contributed by atoms with van der Waals surface area (Å²) >= 11 is 11.5. The summed E-state index contributed by atoms with van der Waals surface area (Å²) in [6.45, 7) is 6.24. The van der Waals surface area contributed by atoms with E-state index in [1.165, 1.54) is 0 Å². The lowest BCUT2D eigenvalue weighted by molar-refractivity contribution is -0.139. The molecule has 3 aromatic rings. The summed E-state index contributed by atoms with van der Waals surface area (Å²) in [6, 6.07) is 10.7. The van der Waals surface area contributed by atoms with Gasteiger partial charge in [-0.1, -0.05) is 48.5 Å². The standard InChI is InChI=1S/C26H28BrClN4O4S/c1-5-11-37-26-30-25-29-15(3)21(24(33)35-6-2)22(32(25)31-26)17-12-18(27)23(20(13-17)34-4)36-14-16-9-7-8-10-19(16)28/h7-10,12-13,22H,5-6,11,14H2,1-4H3,(H,29,30,31). The van der Waals surface area contributed by atoms with Crippen LogP contribution in [0.2, 0.25) is 5.02 Å². The van der Waals surface area contributed by atoms with Crippen molar-refractivity contribution in [3.63, 3.8) is 0 Å². The van der Waals surface area contributed by atoms with Crippen LogP contribution in [0.25, 0.3) is 0 Å². The van der Waals surface area contributed by atoms with Gasteiger partial charge in [0.25, 0.3) is 0 Å². The van der Waals surface area contributed by atoms with Gasteiger partial charge in [-0.25, -0.2) is 9.48 Å². The molecule has 0 saturated heterocycles. The third-order valence-corrected chi connectivity index (χ3v) is 7.66. The molecule has 37 heavy (non-hydrogen) atoms. The summed E-state index contributed by atoms with van der Waals surface area (Å²) in [5, 5.41) is 9.21. The number of anilines is 1. The van der Waals surface area contributed by atoms with Crippen LogP contribution >= 0.6 is 39.3 Å². The molecule has 0 radical (unpaired) electrons. The highest BCUT2D eigenvalue weighted by molar-refractivity contribution is 9.10. The molecule has 1 atom stereocenters. The van der Waals surface area contributed by atoms with Crippen LogP contribution in [0.5, 0.6) is 11.5 Å². The largest absolute Gasteiger partial charge is 0.493 e. The van der Waals surface area contributed by atoms with E-state index in [-0.39, 0.29) is 13.2 Å². The van der Waals surface area contributed by atoms with Gasteiger partial charge in [0.05, 0.1) is 23.8 Å². The molecule has 0 bridgehead atoms. The van der Waals surface area contributed by atoms with Crippen LogP contribution in [0.15, 0.2) is 57.3 Å². The first kappa shape index (κ1) is 27.3. The van der Waals surface area contributed by atoms with Crippen LogP contribution in [0, 0.1) is 0 Å². The SMILES string of the molecule is CCCSc1nc2n(n1)C(c1cc(Br)c(OCc3ccccc3Cl)c(OC)c1)C(C(=O)OCC)=C(C)N2. The number of hydrogen-bond acceptors (Lipinski definition) is 8. The van der Waals surface area contributed by atoms with E-state index in [0.717, 1.165) is 23.3 Å². The van der Waals surface area contributed by atoms with Crippen LogP contribution < -0.4 is 14.8 Å². The summed E-state index contributed by atoms with van der Waals surface area (Å²) in [5.41, 5.74) is 2.72. The number of carbonyl (C=O) groups is 1. The van der Waals surface area contributed by atoms with Gasteiger partial charge in [-0.05, 0) is 60.0 Å². The molecular formula is C26H28BrClN4O4S. The molecule has 8 nitrogen and oxygen atoms in total. The predicted molar refractivity (Wildman–Crippen MR) is 149 cm³/mol. The van der Waals surface area contributed by atoms with E-state index in [1.54, 1.807) is 30.5 Å². The van der Waals surface area contributed by atoms with Gasteiger partial charge in [0.2, 0.25) is 11.1 Å². The number of thioether (sulfide) groups is 1. The maximum absolute atomic E-state index is 13.1. The maximum Gasteiger partial charge on any atom is 0.338 e. The number of nitrogens with one attached hydrogen (secondary N) is 1. The van der Waals surface area contributed by atoms with Crippen molar-refractivity contribution < 1.29 is 19.0 Å². The summed E-state index contributed by atoms with van der Waals surface area (Å²) in [5.74, 6) is 2.05. The first-order valence-electron chi connectivity index (χ1n) is 11.9. The Kier molecular flexibility index (Phi) is 9.04. The number of carbonyl (C=O) groups excluding carboxylic acids is 1. The molecule has 1 unspecified atom stereocenters. The quantitative estimate of drug-likeness (QED) is 0.203. The first-order chi connectivity index (χ1) is 17.9. The average molecular weight is 608 g/mol. The number of ether oxygens (including phenoxy) is 3. The second kappa shape index (κ2) is 12.2. The Morgan fingerprint density at radius 2 is 2.05 bits per heavy atom. The Morgan fingerprint density at radius 1 is 1.27 bits per heavy atom. The lowest BCUT2D eigenvalue weighted by Crippen LogP contribution is -2.29. The van der Waals surface area contributed by atoms with E-state index >= 15 is 0 Å². The minimum atomic E-state index is -0.582. The van der Waals surface area contributed by atoms with E-state index in [9.17, 15) is 4.79 Å². The topological polar surface area (TPSA) is 87.5 Å². The average Bonchev–Trinajstić information content (AvgIpc) is 3.28. The Hall–Kier alpha value is -2.69. The molecule has 1 N–H and O–H groups in total. The van der Waals surface area contributed by atoms with Crippen molar-refractivity contribution in [2.75, 3.05) is 24.8 Å². The van der Waals surface area contributed by atoms with Gasteiger partial charge in [0.1, 0.15) is 12.6 Å². The number of allylic oxidation sites excluding steroid dienone is 1. The number of methoxy groups -OCH3 is 1. The molecule has 196 valence electrons. The highest BCUT2D eigenvalue weighted by Gasteiger charge is 2.36. The molecular weight excluding hydrogens is 580 g/mol. The van der Waals surface area contributed by atoms with Gasteiger partial charge in [-0.15, -0.1) is 5.10 Å². The number of benzene rings is 2. The van der Waals surface area contributed by atoms with Crippen molar-refractivity contribution in [1.82, 2.24) is 14.8 Å². The second-order valence-electron chi connectivity index (χ2n) is 8.21. The molecule has 1 aromatic heterocycles. The smallest absolute Gasteiger partial charge is 0.338 e. The van der Waals surface area contributed by atoms with E-state index < -0.39 is 12.0 Å². The fourth-order valence-corrected chi connectivity index (χ4v) is 5.42. The fourth-order valence-electron chi connectivity index (χ4n) is 3.97. The summed E-state index contributed by atoms with van der Waals surface area (Å²) in [4.78, 5) is 17.8. The fraction of sp³-hybridized carbons (Fsp3) is 0.346. The molecule has 1 aliphatic rings. The summed E-state index contributed by atoms with van der Waals surface area (Å²) in [7, 11) is 1.57. The van der Waals surface area contributed by atoms with Gasteiger partial charge in [-0.2, -0.15) is 4.98 Å². The van der Waals surface area contributed by atoms with Crippen molar-refractivity contribution in [3.05, 3.63) is 68.3 Å². The van der Waals surface area contributed by atoms with Crippen LogP contribution in [0.4, 0.5) is 5.95 Å². The molecule has 0 fully saturated rings. The van der Waals surface area contributed by atoms with Gasteiger partial charge in [0.15, 0.2) is 11.5 Å². The van der Waals surface area contributed by atoms with E-state index in [1.807, 2.05) is 43.3 Å². The molecule has 1 aliphatic heterocycles. The van der Waals surface area contributed by atoms with Crippen molar-refractivity contribution in [2.24, 2.45) is 0 Å². The molecule has 0 amide bonds. The number of hydrogen-bond donors (Lipinski definition) is 1. The predicted octanol–water partition coefficient (Wildman–Crippen LogP) is 6.64. The molecule has 2 aromatic carbocycles. The lowest BCUT2D eigenvalue weighted by atomic mass is 9.95. The van der Waals surface area contributed by atoms with Crippen LogP contribution in [0.3, 0.4) is 0 Å². The number of rotatable bonds is 10. The first-order valence-corrected chi connectivity index (χ1v) is 14.0. The minimum absolute atomic E-state index is 0.256. The Balaban J connectivity index is 1.76. The maximum atomic E-state index is 13.1. The molecule has 0 aliphatic carbocycles. The van der Waals surface area contributed by atoms with Crippen molar-refractivity contribution in [1.29, 1.82) is 0 Å². The molecule has 2 heterocycles. The highest BCUT2D eigenvalue weighted by Crippen LogP contribution is 2.43. The Morgan fingerprint density at radius 3 is 2.76 bits per heavy atom. The van der Waals surface area contributed by atoms with Crippen LogP contribution in [-0.4, -0.2) is 40.2 Å². The van der Waals surface area contributed by atoms with E-state index in [2.05, 4.69) is 33.2 Å². The molecule has 0 spiro atoms. The van der Waals surface area contributed by atoms with Gasteiger partial charge in [0, 0.05) is 22.0 Å². The number of nitrogens with zero attached hydrogens (tertiary/aromatic N) is 3. The van der Waals surface area contributed by atoms with Crippen LogP contribution in [0.1, 0.15) is 44.4 Å². The van der Waals surface area contributed by atoms with Crippen molar-refractivity contribution in [2.45, 2.75) is 45.0 Å². The van der Waals surface area contributed by atoms with E-state index in [4.69, 9.17) is 30.9 Å². The number of halogens is 2. The zero-order chi connectivity index (χ0) is 26.5. The van der Waals surface area contributed by atoms with Gasteiger partial charge < -0.3 is 19.5 Å². The molecule has 4 rings (SSSR count). The number of fused-ring (bicyclic) bond motifs is 1. The lowest BCUT2D eigenvalue weighted by Gasteiger charge is -2.28. The monoisotopic (exact) mass is 606 g/mol. The highest BCUT2D eigenvalue weighted by atomic mass is 79.9. The minimum Gasteiger partial charge on any atom is -0.493 e. The number of aromatic nitrogens is 3. The molecule has 11 heteroatoms. The third kappa shape index (κ3) is 5.91. The second-order valence-corrected chi connectivity index (χ2v) is 10.5. The van der Waals surface area contributed by atoms with E-state index in [0.29, 0.717) is 43.4 Å². The zero-order valence-electron chi connectivity index (χ0n) is 21.0. The Labute approximate surface area is 233 Å².